The lowest BCUT2D eigenvalue weighted by Crippen LogP contribution is -2.18. The molecule has 0 fully saturated rings. The van der Waals surface area contributed by atoms with Crippen molar-refractivity contribution in [3.63, 3.8) is 0 Å². The number of aryl methyl sites for hydroxylation is 2. The van der Waals surface area contributed by atoms with E-state index in [0.717, 1.165) is 53.7 Å². The lowest BCUT2D eigenvalue weighted by atomic mass is 9.89. The van der Waals surface area contributed by atoms with E-state index in [0.29, 0.717) is 11.8 Å². The summed E-state index contributed by atoms with van der Waals surface area (Å²) >= 11 is 0. The van der Waals surface area contributed by atoms with E-state index in [4.69, 9.17) is 14.8 Å². The Morgan fingerprint density at radius 1 is 1.09 bits per heavy atom. The molecule has 0 bridgehead atoms. The minimum absolute atomic E-state index is 0.294. The number of fused-ring (bicyclic) bond motifs is 1. The first-order valence-corrected chi connectivity index (χ1v) is 11.9. The van der Waals surface area contributed by atoms with E-state index in [1.165, 1.54) is 11.1 Å². The number of methoxy groups -OCH3 is 1. The number of ether oxygens (including phenoxy) is 1. The Morgan fingerprint density at radius 2 is 1.91 bits per heavy atom. The highest BCUT2D eigenvalue weighted by atomic mass is 16.5. The maximum absolute atomic E-state index is 5.64. The molecule has 0 N–H and O–H groups in total. The van der Waals surface area contributed by atoms with Gasteiger partial charge in [-0.15, -0.1) is 0 Å². The third-order valence-electron chi connectivity index (χ3n) is 6.52. The second-order valence-electron chi connectivity index (χ2n) is 9.25. The molecule has 0 aliphatic carbocycles. The van der Waals surface area contributed by atoms with Crippen molar-refractivity contribution in [1.82, 2.24) is 24.3 Å². The van der Waals surface area contributed by atoms with Crippen LogP contribution in [0.3, 0.4) is 0 Å². The Morgan fingerprint density at radius 3 is 2.62 bits per heavy atom. The Kier molecular flexibility index (Phi) is 6.05. The molecule has 6 nitrogen and oxygen atoms in total. The van der Waals surface area contributed by atoms with Gasteiger partial charge in [-0.3, -0.25) is 0 Å². The lowest BCUT2D eigenvalue weighted by molar-refractivity contribution is 0.413. The summed E-state index contributed by atoms with van der Waals surface area (Å²) in [7, 11) is 1.69. The van der Waals surface area contributed by atoms with Gasteiger partial charge in [0.15, 0.2) is 5.82 Å². The largest absolute Gasteiger partial charge is 0.495 e. The molecule has 0 saturated heterocycles. The minimum Gasteiger partial charge on any atom is -0.495 e. The summed E-state index contributed by atoms with van der Waals surface area (Å²) in [5.74, 6) is 3.43. The second-order valence-corrected chi connectivity index (χ2v) is 9.25. The van der Waals surface area contributed by atoms with Crippen molar-refractivity contribution < 1.29 is 4.74 Å². The van der Waals surface area contributed by atoms with Crippen molar-refractivity contribution in [2.75, 3.05) is 7.11 Å². The van der Waals surface area contributed by atoms with Gasteiger partial charge in [-0.05, 0) is 60.6 Å². The van der Waals surface area contributed by atoms with Crippen LogP contribution in [0.5, 0.6) is 5.75 Å². The molecule has 3 heterocycles. The third kappa shape index (κ3) is 4.40. The van der Waals surface area contributed by atoms with Crippen LogP contribution >= 0.6 is 0 Å². The van der Waals surface area contributed by atoms with Gasteiger partial charge in [0.05, 0.1) is 24.8 Å². The number of benzene rings is 2. The van der Waals surface area contributed by atoms with Crippen LogP contribution < -0.4 is 4.74 Å². The first-order valence-electron chi connectivity index (χ1n) is 11.9. The molecule has 2 aromatic carbocycles. The molecule has 5 rings (SSSR count). The highest BCUT2D eigenvalue weighted by Gasteiger charge is 2.25. The number of imidazole rings is 1. The summed E-state index contributed by atoms with van der Waals surface area (Å²) in [5, 5.41) is 4.77. The molecule has 0 amide bonds. The average Bonchev–Trinajstić information content (AvgIpc) is 3.48. The van der Waals surface area contributed by atoms with Crippen LogP contribution in [0.25, 0.3) is 17.8 Å². The van der Waals surface area contributed by atoms with Gasteiger partial charge in [0.25, 0.3) is 0 Å². The molecular weight excluding hydrogens is 422 g/mol. The fourth-order valence-electron chi connectivity index (χ4n) is 4.60. The molecule has 0 saturated carbocycles. The van der Waals surface area contributed by atoms with E-state index >= 15 is 0 Å². The summed E-state index contributed by atoms with van der Waals surface area (Å²) in [6, 6.07) is 15.2. The quantitative estimate of drug-likeness (QED) is 0.359. The Bertz CT molecular complexity index is 1310. The van der Waals surface area contributed by atoms with Gasteiger partial charge >= 0.3 is 0 Å². The van der Waals surface area contributed by atoms with Gasteiger partial charge in [0.1, 0.15) is 11.6 Å². The van der Waals surface area contributed by atoms with E-state index in [1.54, 1.807) is 13.4 Å². The number of aromatic nitrogens is 5. The molecule has 1 atom stereocenters. The maximum Gasteiger partial charge on any atom is 0.174 e. The molecule has 0 spiro atoms. The van der Waals surface area contributed by atoms with Crippen LogP contribution in [-0.4, -0.2) is 31.4 Å². The van der Waals surface area contributed by atoms with Gasteiger partial charge in [0, 0.05) is 18.7 Å². The first kappa shape index (κ1) is 22.1. The molecule has 0 radical (unpaired) electrons. The van der Waals surface area contributed by atoms with Gasteiger partial charge in [-0.1, -0.05) is 50.3 Å². The number of nitrogens with zero attached hydrogens (tertiary/aromatic N) is 5. The number of hydrogen-bond acceptors (Lipinski definition) is 4. The van der Waals surface area contributed by atoms with Crippen LogP contribution in [0.1, 0.15) is 72.6 Å². The van der Waals surface area contributed by atoms with Crippen molar-refractivity contribution in [2.24, 2.45) is 0 Å². The van der Waals surface area contributed by atoms with Crippen LogP contribution in [-0.2, 0) is 6.54 Å². The molecule has 6 heteroatoms. The monoisotopic (exact) mass is 453 g/mol. The molecule has 34 heavy (non-hydrogen) atoms. The number of rotatable bonds is 6. The molecule has 174 valence electrons. The zero-order chi connectivity index (χ0) is 23.7. The Balaban J connectivity index is 1.38. The number of hydrogen-bond donors (Lipinski definition) is 0. The summed E-state index contributed by atoms with van der Waals surface area (Å²) in [6.45, 7) is 7.35. The van der Waals surface area contributed by atoms with Crippen molar-refractivity contribution >= 4 is 12.2 Å². The van der Waals surface area contributed by atoms with Crippen LogP contribution in [0.15, 0.2) is 55.0 Å². The van der Waals surface area contributed by atoms with E-state index < -0.39 is 0 Å². The molecular formula is C28H31N5O. The van der Waals surface area contributed by atoms with Gasteiger partial charge in [-0.2, -0.15) is 5.10 Å². The van der Waals surface area contributed by atoms with E-state index in [9.17, 15) is 0 Å². The van der Waals surface area contributed by atoms with Crippen LogP contribution in [0.2, 0.25) is 0 Å². The van der Waals surface area contributed by atoms with Gasteiger partial charge in [-0.25, -0.2) is 14.6 Å². The van der Waals surface area contributed by atoms with E-state index in [1.807, 2.05) is 42.0 Å². The second kappa shape index (κ2) is 9.29. The van der Waals surface area contributed by atoms with Gasteiger partial charge < -0.3 is 9.30 Å². The summed E-state index contributed by atoms with van der Waals surface area (Å²) in [4.78, 5) is 9.23. The summed E-state index contributed by atoms with van der Waals surface area (Å²) in [6.07, 6.45) is 10.0. The van der Waals surface area contributed by atoms with Crippen molar-refractivity contribution in [3.05, 3.63) is 89.0 Å². The Labute approximate surface area is 201 Å². The molecule has 0 unspecified atom stereocenters. The normalized spacial score (nSPS) is 15.7. The topological polar surface area (TPSA) is 57.8 Å². The predicted molar refractivity (Wildman–Crippen MR) is 135 cm³/mol. The van der Waals surface area contributed by atoms with E-state index in [2.05, 4.69) is 53.8 Å². The van der Waals surface area contributed by atoms with Crippen molar-refractivity contribution in [3.8, 4) is 11.4 Å². The Hall–Kier alpha value is -3.67. The van der Waals surface area contributed by atoms with E-state index in [-0.39, 0.29) is 0 Å². The fraction of sp³-hybridized carbons (Fsp3) is 0.321. The molecule has 1 aliphatic heterocycles. The zero-order valence-electron chi connectivity index (χ0n) is 20.3. The van der Waals surface area contributed by atoms with Crippen LogP contribution in [0.4, 0.5) is 0 Å². The summed E-state index contributed by atoms with van der Waals surface area (Å²) in [5.41, 5.74) is 5.65. The highest BCUT2D eigenvalue weighted by Crippen LogP contribution is 2.33. The maximum atomic E-state index is 5.64. The predicted octanol–water partition coefficient (Wildman–Crippen LogP) is 6.00. The van der Waals surface area contributed by atoms with Crippen LogP contribution in [0, 0.1) is 6.92 Å². The highest BCUT2D eigenvalue weighted by molar-refractivity contribution is 5.69. The van der Waals surface area contributed by atoms with Crippen molar-refractivity contribution in [2.45, 2.75) is 52.0 Å². The lowest BCUT2D eigenvalue weighted by Gasteiger charge is -2.22. The smallest absolute Gasteiger partial charge is 0.174 e. The fourth-order valence-corrected chi connectivity index (χ4v) is 4.60. The zero-order valence-corrected chi connectivity index (χ0v) is 20.3. The summed E-state index contributed by atoms with van der Waals surface area (Å²) < 4.78 is 9.69. The average molecular weight is 454 g/mol. The SMILES string of the molecule is COc1cc(/C=C/c2nc3n(n2)CCC[C@@H]3c2ccc(C(C)C)cc2)ccc1-n1cnc(C)c1. The first-order chi connectivity index (χ1) is 16.5. The van der Waals surface area contributed by atoms with Crippen molar-refractivity contribution in [1.29, 1.82) is 0 Å². The van der Waals surface area contributed by atoms with Gasteiger partial charge in [0.2, 0.25) is 0 Å². The molecule has 1 aliphatic rings. The third-order valence-corrected chi connectivity index (χ3v) is 6.52. The molecule has 4 aromatic rings. The standard InChI is InChI=1S/C28H31N5O/c1-19(2)22-9-11-23(12-10-22)24-6-5-15-33-28(24)30-27(31-33)14-8-21-7-13-25(26(16-21)34-4)32-17-20(3)29-18-32/h7-14,16-19,24H,5-6,15H2,1-4H3/b14-8+/t24-/m1/s1. The minimum atomic E-state index is 0.294. The molecule has 2 aromatic heterocycles.